The van der Waals surface area contributed by atoms with E-state index in [0.29, 0.717) is 12.5 Å². The average Bonchev–Trinajstić information content (AvgIpc) is 2.78. The molecule has 0 saturated carbocycles. The molecule has 0 aliphatic carbocycles. The predicted molar refractivity (Wildman–Crippen MR) is 70.1 cm³/mol. The highest BCUT2D eigenvalue weighted by atomic mass is 32.2. The zero-order valence-electron chi connectivity index (χ0n) is 10.8. The molecule has 1 aliphatic heterocycles. The van der Waals surface area contributed by atoms with Gasteiger partial charge in [-0.05, 0) is 31.4 Å². The fourth-order valence-corrected chi connectivity index (χ4v) is 3.15. The quantitative estimate of drug-likeness (QED) is 0.562. The van der Waals surface area contributed by atoms with E-state index in [9.17, 15) is 13.2 Å². The smallest absolute Gasteiger partial charge is 0.377 e. The topological polar surface area (TPSA) is 9.23 Å². The Morgan fingerprint density at radius 2 is 1.78 bits per heavy atom. The van der Waals surface area contributed by atoms with Gasteiger partial charge in [-0.25, -0.2) is 0 Å². The van der Waals surface area contributed by atoms with E-state index in [-0.39, 0.29) is 6.42 Å². The molecule has 0 amide bonds. The Bertz CT molecular complexity index is 203. The summed E-state index contributed by atoms with van der Waals surface area (Å²) in [4.78, 5) is 0. The van der Waals surface area contributed by atoms with Crippen LogP contribution in [0.1, 0.15) is 51.4 Å². The summed E-state index contributed by atoms with van der Waals surface area (Å²) in [7, 11) is 0. The Morgan fingerprint density at radius 3 is 2.44 bits per heavy atom. The van der Waals surface area contributed by atoms with E-state index in [1.807, 2.05) is 11.8 Å². The van der Waals surface area contributed by atoms with Gasteiger partial charge in [0.1, 0.15) is 0 Å². The molecule has 18 heavy (non-hydrogen) atoms. The second-order valence-electron chi connectivity index (χ2n) is 4.84. The van der Waals surface area contributed by atoms with Crippen molar-refractivity contribution in [3.63, 3.8) is 0 Å². The molecule has 0 aromatic carbocycles. The number of halogens is 3. The molecule has 1 unspecified atom stereocenters. The van der Waals surface area contributed by atoms with Gasteiger partial charge in [0, 0.05) is 18.8 Å². The van der Waals surface area contributed by atoms with Crippen molar-refractivity contribution in [2.24, 2.45) is 0 Å². The van der Waals surface area contributed by atoms with E-state index in [1.54, 1.807) is 0 Å². The van der Waals surface area contributed by atoms with Gasteiger partial charge < -0.3 is 4.74 Å². The first kappa shape index (κ1) is 16.2. The van der Waals surface area contributed by atoms with Crippen LogP contribution >= 0.6 is 11.8 Å². The Labute approximate surface area is 112 Å². The molecule has 0 radical (unpaired) electrons. The maximum Gasteiger partial charge on any atom is 0.389 e. The van der Waals surface area contributed by atoms with Crippen LogP contribution in [-0.2, 0) is 4.74 Å². The van der Waals surface area contributed by atoms with E-state index >= 15 is 0 Å². The van der Waals surface area contributed by atoms with Gasteiger partial charge >= 0.3 is 6.18 Å². The van der Waals surface area contributed by atoms with Gasteiger partial charge in [-0.2, -0.15) is 24.9 Å². The first-order chi connectivity index (χ1) is 8.58. The van der Waals surface area contributed by atoms with Crippen LogP contribution in [0, 0.1) is 0 Å². The van der Waals surface area contributed by atoms with Crippen molar-refractivity contribution in [3.8, 4) is 0 Å². The molecule has 0 spiro atoms. The first-order valence-corrected chi connectivity index (χ1v) is 7.99. The summed E-state index contributed by atoms with van der Waals surface area (Å²) in [6.07, 6.45) is 2.30. The second-order valence-corrected chi connectivity index (χ2v) is 5.99. The highest BCUT2D eigenvalue weighted by Crippen LogP contribution is 2.23. The molecule has 1 aliphatic rings. The number of ether oxygens (including phenoxy) is 1. The number of hydrogen-bond donors (Lipinski definition) is 0. The van der Waals surface area contributed by atoms with Crippen molar-refractivity contribution in [3.05, 3.63) is 0 Å². The zero-order valence-corrected chi connectivity index (χ0v) is 11.6. The SMILES string of the molecule is FC(F)(F)CCCCCCCSCC1CCCO1. The highest BCUT2D eigenvalue weighted by Gasteiger charge is 2.25. The molecule has 1 nitrogen and oxygen atoms in total. The molecular formula is C13H23F3OS. The number of rotatable bonds is 9. The highest BCUT2D eigenvalue weighted by molar-refractivity contribution is 7.99. The van der Waals surface area contributed by atoms with E-state index in [4.69, 9.17) is 4.74 Å². The van der Waals surface area contributed by atoms with Crippen LogP contribution in [0.2, 0.25) is 0 Å². The normalized spacial score (nSPS) is 20.5. The minimum atomic E-state index is -3.98. The standard InChI is InChI=1S/C13H23F3OS/c14-13(15,16)8-4-2-1-3-5-10-18-11-12-7-6-9-17-12/h12H,1-11H2. The monoisotopic (exact) mass is 284 g/mol. The van der Waals surface area contributed by atoms with Crippen LogP contribution in [0.3, 0.4) is 0 Å². The lowest BCUT2D eigenvalue weighted by Gasteiger charge is -2.08. The van der Waals surface area contributed by atoms with Crippen LogP contribution in [-0.4, -0.2) is 30.4 Å². The van der Waals surface area contributed by atoms with Gasteiger partial charge in [-0.3, -0.25) is 0 Å². The van der Waals surface area contributed by atoms with Crippen LogP contribution in [0.5, 0.6) is 0 Å². The lowest BCUT2D eigenvalue weighted by Crippen LogP contribution is -2.08. The van der Waals surface area contributed by atoms with Crippen molar-refractivity contribution in [1.82, 2.24) is 0 Å². The summed E-state index contributed by atoms with van der Waals surface area (Å²) in [6.45, 7) is 0.907. The zero-order chi connectivity index (χ0) is 13.3. The molecule has 5 heteroatoms. The van der Waals surface area contributed by atoms with Crippen molar-refractivity contribution >= 4 is 11.8 Å². The molecule has 1 heterocycles. The van der Waals surface area contributed by atoms with Gasteiger partial charge in [0.05, 0.1) is 6.10 Å². The fourth-order valence-electron chi connectivity index (χ4n) is 2.05. The molecular weight excluding hydrogens is 261 g/mol. The van der Waals surface area contributed by atoms with Gasteiger partial charge in [-0.15, -0.1) is 0 Å². The molecule has 0 N–H and O–H groups in total. The summed E-state index contributed by atoms with van der Waals surface area (Å²) < 4.78 is 41.1. The van der Waals surface area contributed by atoms with E-state index < -0.39 is 12.6 Å². The van der Waals surface area contributed by atoms with Gasteiger partial charge in [0.15, 0.2) is 0 Å². The third-order valence-corrected chi connectivity index (χ3v) is 4.26. The lowest BCUT2D eigenvalue weighted by molar-refractivity contribution is -0.135. The fraction of sp³-hybridized carbons (Fsp3) is 1.00. The minimum absolute atomic E-state index is 0.284. The van der Waals surface area contributed by atoms with Crippen molar-refractivity contribution in [2.45, 2.75) is 63.6 Å². The molecule has 1 atom stereocenters. The summed E-state index contributed by atoms with van der Waals surface area (Å²) in [5.74, 6) is 2.19. The maximum atomic E-state index is 11.9. The Hall–Kier alpha value is 0.1000. The lowest BCUT2D eigenvalue weighted by atomic mass is 10.1. The third kappa shape index (κ3) is 9.09. The van der Waals surface area contributed by atoms with Crippen LogP contribution in [0.25, 0.3) is 0 Å². The maximum absolute atomic E-state index is 11.9. The molecule has 1 saturated heterocycles. The summed E-state index contributed by atoms with van der Waals surface area (Å²) in [5, 5.41) is 0. The molecule has 1 rings (SSSR count). The van der Waals surface area contributed by atoms with E-state index in [1.165, 1.54) is 12.8 Å². The number of alkyl halides is 3. The number of hydrogen-bond acceptors (Lipinski definition) is 2. The minimum Gasteiger partial charge on any atom is -0.377 e. The van der Waals surface area contributed by atoms with Crippen molar-refractivity contribution in [1.29, 1.82) is 0 Å². The van der Waals surface area contributed by atoms with Crippen LogP contribution in [0.4, 0.5) is 13.2 Å². The molecule has 1 fully saturated rings. The van der Waals surface area contributed by atoms with E-state index in [0.717, 1.165) is 37.4 Å². The first-order valence-electron chi connectivity index (χ1n) is 6.84. The predicted octanol–water partition coefficient (Wildman–Crippen LogP) is 4.80. The Balaban J connectivity index is 1.76. The number of thioether (sulfide) groups is 1. The van der Waals surface area contributed by atoms with Crippen LogP contribution in [0.15, 0.2) is 0 Å². The van der Waals surface area contributed by atoms with E-state index in [2.05, 4.69) is 0 Å². The largest absolute Gasteiger partial charge is 0.389 e. The Morgan fingerprint density at radius 1 is 1.06 bits per heavy atom. The molecule has 108 valence electrons. The van der Waals surface area contributed by atoms with Crippen molar-refractivity contribution in [2.75, 3.05) is 18.1 Å². The Kier molecular flexibility index (Phi) is 8.15. The average molecular weight is 284 g/mol. The van der Waals surface area contributed by atoms with Gasteiger partial charge in [0.25, 0.3) is 0 Å². The van der Waals surface area contributed by atoms with Crippen molar-refractivity contribution < 1.29 is 17.9 Å². The molecule has 0 bridgehead atoms. The second kappa shape index (κ2) is 9.08. The summed E-state index contributed by atoms with van der Waals surface area (Å²) in [6, 6.07) is 0. The van der Waals surface area contributed by atoms with Gasteiger partial charge in [0.2, 0.25) is 0 Å². The van der Waals surface area contributed by atoms with Crippen LogP contribution < -0.4 is 0 Å². The summed E-state index contributed by atoms with van der Waals surface area (Å²) in [5.41, 5.74) is 0. The third-order valence-electron chi connectivity index (χ3n) is 3.08. The molecule has 0 aromatic rings. The number of unbranched alkanes of at least 4 members (excludes halogenated alkanes) is 4. The molecule has 0 aromatic heterocycles. The summed E-state index contributed by atoms with van der Waals surface area (Å²) >= 11 is 1.91. The van der Waals surface area contributed by atoms with Gasteiger partial charge in [-0.1, -0.05) is 19.3 Å².